The van der Waals surface area contributed by atoms with Crippen molar-refractivity contribution in [2.75, 3.05) is 5.73 Å². The van der Waals surface area contributed by atoms with Gasteiger partial charge in [-0.3, -0.25) is 4.79 Å². The zero-order chi connectivity index (χ0) is 15.3. The molecule has 6 heteroatoms. The van der Waals surface area contributed by atoms with Crippen LogP contribution in [0.25, 0.3) is 0 Å². The van der Waals surface area contributed by atoms with Gasteiger partial charge in [0.25, 0.3) is 5.91 Å². The smallest absolute Gasteiger partial charge is 0.341 e. The zero-order valence-corrected chi connectivity index (χ0v) is 12.5. The third kappa shape index (κ3) is 4.13. The van der Waals surface area contributed by atoms with Crippen molar-refractivity contribution in [3.63, 3.8) is 0 Å². The Morgan fingerprint density at radius 1 is 1.40 bits per heavy atom. The molecule has 1 amide bonds. The van der Waals surface area contributed by atoms with Crippen molar-refractivity contribution in [2.45, 2.75) is 39.3 Å². The minimum absolute atomic E-state index is 0.0277. The summed E-state index contributed by atoms with van der Waals surface area (Å²) in [5, 5.41) is 3.01. The van der Waals surface area contributed by atoms with Gasteiger partial charge >= 0.3 is 5.97 Å². The lowest BCUT2D eigenvalue weighted by molar-refractivity contribution is -0.129. The van der Waals surface area contributed by atoms with Crippen molar-refractivity contribution in [1.82, 2.24) is 5.32 Å². The van der Waals surface area contributed by atoms with E-state index >= 15 is 0 Å². The maximum absolute atomic E-state index is 11.9. The van der Waals surface area contributed by atoms with Crippen molar-refractivity contribution in [2.24, 2.45) is 0 Å². The van der Waals surface area contributed by atoms with Crippen molar-refractivity contribution in [3.8, 4) is 0 Å². The first-order chi connectivity index (χ1) is 9.36. The lowest BCUT2D eigenvalue weighted by Crippen LogP contribution is -2.40. The van der Waals surface area contributed by atoms with Crippen LogP contribution in [0.3, 0.4) is 0 Å². The number of hydrogen-bond donors (Lipinski definition) is 2. The summed E-state index contributed by atoms with van der Waals surface area (Å²) in [4.78, 5) is 23.7. The van der Waals surface area contributed by atoms with Crippen LogP contribution >= 0.6 is 11.6 Å². The number of nitrogens with one attached hydrogen (secondary N) is 1. The normalized spacial score (nSPS) is 13.4. The van der Waals surface area contributed by atoms with Gasteiger partial charge in [-0.1, -0.05) is 24.6 Å². The summed E-state index contributed by atoms with van der Waals surface area (Å²) in [5.41, 5.74) is 6.00. The molecule has 0 aromatic heterocycles. The van der Waals surface area contributed by atoms with Crippen molar-refractivity contribution in [3.05, 3.63) is 28.8 Å². The second-order valence-corrected chi connectivity index (χ2v) is 4.97. The zero-order valence-electron chi connectivity index (χ0n) is 11.8. The maximum atomic E-state index is 11.9. The van der Waals surface area contributed by atoms with Gasteiger partial charge in [0.05, 0.1) is 16.3 Å². The fourth-order valence-corrected chi connectivity index (χ4v) is 1.63. The van der Waals surface area contributed by atoms with E-state index in [-0.39, 0.29) is 28.2 Å². The highest BCUT2D eigenvalue weighted by Gasteiger charge is 2.21. The van der Waals surface area contributed by atoms with E-state index in [0.717, 1.165) is 6.42 Å². The summed E-state index contributed by atoms with van der Waals surface area (Å²) in [6.45, 7) is 5.34. The Bertz CT molecular complexity index is 505. The van der Waals surface area contributed by atoms with E-state index in [9.17, 15) is 9.59 Å². The molecular formula is C14H19ClN2O3. The van der Waals surface area contributed by atoms with Crippen LogP contribution in [0.1, 0.15) is 37.6 Å². The number of carbonyl (C=O) groups excluding carboxylic acids is 2. The minimum Gasteiger partial charge on any atom is -0.449 e. The standard InChI is InChI=1S/C14H19ClN2O3/c1-4-8(2)17-13(18)9(3)20-14(19)10-6-5-7-11(15)12(10)16/h5-9H,4,16H2,1-3H3,(H,17,18). The number of halogens is 1. The van der Waals surface area contributed by atoms with E-state index < -0.39 is 12.1 Å². The largest absolute Gasteiger partial charge is 0.449 e. The molecule has 1 aromatic carbocycles. The Hall–Kier alpha value is -1.75. The number of rotatable bonds is 5. The van der Waals surface area contributed by atoms with Crippen LogP contribution < -0.4 is 11.1 Å². The van der Waals surface area contributed by atoms with E-state index in [1.807, 2.05) is 13.8 Å². The summed E-state index contributed by atoms with van der Waals surface area (Å²) >= 11 is 5.83. The molecule has 0 fully saturated rings. The number of amides is 1. The van der Waals surface area contributed by atoms with E-state index in [2.05, 4.69) is 5.32 Å². The summed E-state index contributed by atoms with van der Waals surface area (Å²) in [6.07, 6.45) is -0.0944. The molecule has 1 aromatic rings. The highest BCUT2D eigenvalue weighted by atomic mass is 35.5. The van der Waals surface area contributed by atoms with E-state index in [1.54, 1.807) is 12.1 Å². The first kappa shape index (κ1) is 16.3. The minimum atomic E-state index is -0.894. The Morgan fingerprint density at radius 3 is 2.65 bits per heavy atom. The molecule has 110 valence electrons. The first-order valence-corrected chi connectivity index (χ1v) is 6.80. The second-order valence-electron chi connectivity index (χ2n) is 4.57. The van der Waals surface area contributed by atoms with Gasteiger partial charge in [0.2, 0.25) is 0 Å². The molecule has 0 heterocycles. The molecule has 0 aliphatic heterocycles. The Kier molecular flexibility index (Phi) is 5.82. The number of para-hydroxylation sites is 1. The molecule has 0 bridgehead atoms. The highest BCUT2D eigenvalue weighted by Crippen LogP contribution is 2.23. The fraction of sp³-hybridized carbons (Fsp3) is 0.429. The van der Waals surface area contributed by atoms with Crippen LogP contribution in [0, 0.1) is 0 Å². The molecule has 2 atom stereocenters. The van der Waals surface area contributed by atoms with Gasteiger partial charge in [-0.2, -0.15) is 0 Å². The van der Waals surface area contributed by atoms with Crippen LogP contribution in [0.5, 0.6) is 0 Å². The van der Waals surface area contributed by atoms with Crippen LogP contribution in [0.15, 0.2) is 18.2 Å². The third-order valence-electron chi connectivity index (χ3n) is 2.93. The number of nitrogen functional groups attached to an aromatic ring is 1. The van der Waals surface area contributed by atoms with Gasteiger partial charge in [0.1, 0.15) is 0 Å². The molecule has 1 rings (SSSR count). The monoisotopic (exact) mass is 298 g/mol. The predicted octanol–water partition coefficient (Wildman–Crippen LogP) is 2.38. The molecular weight excluding hydrogens is 280 g/mol. The lowest BCUT2D eigenvalue weighted by Gasteiger charge is -2.17. The summed E-state index contributed by atoms with van der Waals surface area (Å²) < 4.78 is 5.09. The van der Waals surface area contributed by atoms with Crippen LogP contribution in [-0.4, -0.2) is 24.0 Å². The number of hydrogen-bond acceptors (Lipinski definition) is 4. The summed E-state index contributed by atoms with van der Waals surface area (Å²) in [6, 6.07) is 4.70. The van der Waals surface area contributed by atoms with Crippen LogP contribution in [0.4, 0.5) is 5.69 Å². The molecule has 20 heavy (non-hydrogen) atoms. The average Bonchev–Trinajstić information content (AvgIpc) is 2.41. The number of ether oxygens (including phenoxy) is 1. The van der Waals surface area contributed by atoms with E-state index in [0.29, 0.717) is 0 Å². The van der Waals surface area contributed by atoms with E-state index in [1.165, 1.54) is 13.0 Å². The number of carbonyl (C=O) groups is 2. The Labute approximate surface area is 123 Å². The quantitative estimate of drug-likeness (QED) is 0.646. The summed E-state index contributed by atoms with van der Waals surface area (Å²) in [5.74, 6) is -1.01. The molecule has 0 saturated heterocycles. The Balaban J connectivity index is 2.70. The number of nitrogens with two attached hydrogens (primary N) is 1. The van der Waals surface area contributed by atoms with Crippen LogP contribution in [0.2, 0.25) is 5.02 Å². The average molecular weight is 299 g/mol. The molecule has 0 aliphatic rings. The van der Waals surface area contributed by atoms with Gasteiger partial charge in [-0.15, -0.1) is 0 Å². The molecule has 5 nitrogen and oxygen atoms in total. The number of esters is 1. The van der Waals surface area contributed by atoms with Crippen molar-refractivity contribution < 1.29 is 14.3 Å². The van der Waals surface area contributed by atoms with Crippen LogP contribution in [-0.2, 0) is 9.53 Å². The van der Waals surface area contributed by atoms with Gasteiger partial charge < -0.3 is 15.8 Å². The number of anilines is 1. The maximum Gasteiger partial charge on any atom is 0.341 e. The predicted molar refractivity (Wildman–Crippen MR) is 78.6 cm³/mol. The second kappa shape index (κ2) is 7.14. The highest BCUT2D eigenvalue weighted by molar-refractivity contribution is 6.33. The molecule has 3 N–H and O–H groups in total. The topological polar surface area (TPSA) is 81.4 Å². The van der Waals surface area contributed by atoms with Crippen molar-refractivity contribution >= 4 is 29.2 Å². The molecule has 0 aliphatic carbocycles. The SMILES string of the molecule is CCC(C)NC(=O)C(C)OC(=O)c1cccc(Cl)c1N. The molecule has 0 saturated carbocycles. The van der Waals surface area contributed by atoms with E-state index in [4.69, 9.17) is 22.1 Å². The Morgan fingerprint density at radius 2 is 2.05 bits per heavy atom. The molecule has 0 radical (unpaired) electrons. The van der Waals surface area contributed by atoms with Crippen molar-refractivity contribution in [1.29, 1.82) is 0 Å². The van der Waals surface area contributed by atoms with Gasteiger partial charge in [-0.05, 0) is 32.4 Å². The van der Waals surface area contributed by atoms with Gasteiger partial charge in [0, 0.05) is 6.04 Å². The summed E-state index contributed by atoms with van der Waals surface area (Å²) in [7, 11) is 0. The van der Waals surface area contributed by atoms with Gasteiger partial charge in [0.15, 0.2) is 6.10 Å². The van der Waals surface area contributed by atoms with Gasteiger partial charge in [-0.25, -0.2) is 4.79 Å². The molecule has 0 spiro atoms. The first-order valence-electron chi connectivity index (χ1n) is 6.42. The third-order valence-corrected chi connectivity index (χ3v) is 3.26. The number of benzene rings is 1. The lowest BCUT2D eigenvalue weighted by atomic mass is 10.2. The fourth-order valence-electron chi connectivity index (χ4n) is 1.45. The molecule has 2 unspecified atom stereocenters.